The molecule has 2 aliphatic heterocycles. The summed E-state index contributed by atoms with van der Waals surface area (Å²) in [6.07, 6.45) is 4.41. The van der Waals surface area contributed by atoms with Crippen LogP contribution in [0.25, 0.3) is 0 Å². The highest BCUT2D eigenvalue weighted by atomic mass is 32.1. The molecule has 2 aromatic rings. The lowest BCUT2D eigenvalue weighted by atomic mass is 9.97. The first-order chi connectivity index (χ1) is 13.9. The van der Waals surface area contributed by atoms with Crippen molar-refractivity contribution >= 4 is 40.0 Å². The molecule has 1 saturated heterocycles. The Balaban J connectivity index is 1.48. The Labute approximate surface area is 171 Å². The van der Waals surface area contributed by atoms with Crippen LogP contribution in [0.4, 0.5) is 10.9 Å². The third kappa shape index (κ3) is 3.80. The van der Waals surface area contributed by atoms with Gasteiger partial charge in [-0.05, 0) is 32.4 Å². The summed E-state index contributed by atoms with van der Waals surface area (Å²) in [5.74, 6) is -0.0984. The lowest BCUT2D eigenvalue weighted by molar-refractivity contribution is -0.137. The van der Waals surface area contributed by atoms with Crippen LogP contribution in [-0.2, 0) is 9.59 Å². The van der Waals surface area contributed by atoms with Crippen LogP contribution < -0.4 is 16.0 Å². The molecule has 2 aromatic heterocycles. The number of nitrogens with one attached hydrogen (secondary N) is 3. The number of aromatic nitrogens is 2. The Morgan fingerprint density at radius 3 is 2.90 bits per heavy atom. The highest BCUT2D eigenvalue weighted by Gasteiger charge is 2.42. The molecule has 1 spiro atoms. The summed E-state index contributed by atoms with van der Waals surface area (Å²) in [5, 5.41) is 9.59. The number of pyridine rings is 1. The van der Waals surface area contributed by atoms with Gasteiger partial charge in [0, 0.05) is 36.7 Å². The van der Waals surface area contributed by atoms with Gasteiger partial charge in [-0.2, -0.15) is 0 Å². The molecule has 10 heteroatoms. The molecule has 4 heterocycles. The van der Waals surface area contributed by atoms with E-state index in [1.165, 1.54) is 11.3 Å². The number of rotatable bonds is 3. The van der Waals surface area contributed by atoms with Gasteiger partial charge in [0.05, 0.1) is 5.56 Å². The van der Waals surface area contributed by atoms with E-state index in [-0.39, 0.29) is 24.1 Å². The third-order valence-electron chi connectivity index (χ3n) is 5.33. The molecular formula is C19H22N6O3S. The fraction of sp³-hybridized carbons (Fsp3) is 0.421. The zero-order chi connectivity index (χ0) is 20.6. The number of anilines is 2. The second-order valence-electron chi connectivity index (χ2n) is 7.34. The van der Waals surface area contributed by atoms with E-state index in [0.717, 1.165) is 4.88 Å². The maximum atomic E-state index is 12.7. The Kier molecular flexibility index (Phi) is 4.95. The number of carbonyl (C=O) groups excluding carboxylic acids is 3. The summed E-state index contributed by atoms with van der Waals surface area (Å²) in [6, 6.07) is 2.77. The van der Waals surface area contributed by atoms with E-state index < -0.39 is 11.7 Å². The van der Waals surface area contributed by atoms with Crippen molar-refractivity contribution in [3.8, 4) is 0 Å². The number of hydrogen-bond donors (Lipinski definition) is 3. The van der Waals surface area contributed by atoms with Gasteiger partial charge >= 0.3 is 0 Å². The topological polar surface area (TPSA) is 116 Å². The molecule has 3 amide bonds. The van der Waals surface area contributed by atoms with E-state index >= 15 is 0 Å². The van der Waals surface area contributed by atoms with Gasteiger partial charge in [-0.3, -0.25) is 14.4 Å². The lowest BCUT2D eigenvalue weighted by Gasteiger charge is -2.39. The van der Waals surface area contributed by atoms with Crippen LogP contribution in [0.3, 0.4) is 0 Å². The van der Waals surface area contributed by atoms with Crippen molar-refractivity contribution in [2.24, 2.45) is 0 Å². The second kappa shape index (κ2) is 7.43. The van der Waals surface area contributed by atoms with Gasteiger partial charge < -0.3 is 20.9 Å². The Morgan fingerprint density at radius 1 is 1.31 bits per heavy atom. The van der Waals surface area contributed by atoms with Crippen molar-refractivity contribution in [1.29, 1.82) is 0 Å². The number of aryl methyl sites for hydroxylation is 1. The van der Waals surface area contributed by atoms with E-state index in [1.807, 2.05) is 6.92 Å². The molecule has 3 N–H and O–H groups in total. The largest absolute Gasteiger partial charge is 0.347 e. The molecule has 2 atom stereocenters. The number of carbonyl (C=O) groups is 3. The van der Waals surface area contributed by atoms with Gasteiger partial charge in [-0.15, -0.1) is 11.3 Å². The Morgan fingerprint density at radius 2 is 2.14 bits per heavy atom. The lowest BCUT2D eigenvalue weighted by Crippen LogP contribution is -2.58. The summed E-state index contributed by atoms with van der Waals surface area (Å²) in [7, 11) is 0. The highest BCUT2D eigenvalue weighted by molar-refractivity contribution is 7.15. The smallest absolute Gasteiger partial charge is 0.256 e. The van der Waals surface area contributed by atoms with Crippen LogP contribution in [-0.4, -0.2) is 50.8 Å². The van der Waals surface area contributed by atoms with E-state index in [4.69, 9.17) is 0 Å². The number of fused-ring (bicyclic) bond motifs is 1. The van der Waals surface area contributed by atoms with Crippen molar-refractivity contribution in [2.45, 2.75) is 44.8 Å². The summed E-state index contributed by atoms with van der Waals surface area (Å²) in [5.41, 5.74) is -0.275. The van der Waals surface area contributed by atoms with Crippen LogP contribution >= 0.6 is 11.3 Å². The third-order valence-corrected chi connectivity index (χ3v) is 6.15. The van der Waals surface area contributed by atoms with Crippen LogP contribution in [0.2, 0.25) is 0 Å². The second-order valence-corrected chi connectivity index (χ2v) is 8.57. The number of likely N-dealkylation sites (tertiary alicyclic amines) is 1. The van der Waals surface area contributed by atoms with Gasteiger partial charge in [-0.25, -0.2) is 9.97 Å². The molecular weight excluding hydrogens is 392 g/mol. The first kappa shape index (κ1) is 19.3. The molecule has 0 radical (unpaired) electrons. The fourth-order valence-electron chi connectivity index (χ4n) is 3.68. The summed E-state index contributed by atoms with van der Waals surface area (Å²) < 4.78 is 0. The predicted molar refractivity (Wildman–Crippen MR) is 109 cm³/mol. The standard InChI is InChI=1S/C19H22N6O3S/c1-11-10-21-18(29-11)22-16(27)12(2)25-9-7-19(6-5-14(25)26)23-15-13(17(28)24-19)4-3-8-20-15/h3-4,8,10,12H,5-7,9H2,1-2H3,(H,20,23)(H,24,28)(H,21,22,27)/t12-,19-/m0/s1. The highest BCUT2D eigenvalue weighted by Crippen LogP contribution is 2.31. The average Bonchev–Trinajstić information content (AvgIpc) is 3.04. The SMILES string of the molecule is Cc1cnc(NC(=O)[C@H](C)N2CC[C@]3(CCC2=O)NC(=O)c2cccnc2N3)s1. The molecule has 0 saturated carbocycles. The van der Waals surface area contributed by atoms with Gasteiger partial charge in [0.2, 0.25) is 11.8 Å². The van der Waals surface area contributed by atoms with Crippen molar-refractivity contribution < 1.29 is 14.4 Å². The normalized spacial score (nSPS) is 22.3. The molecule has 29 heavy (non-hydrogen) atoms. The fourth-order valence-corrected chi connectivity index (χ4v) is 4.35. The average molecular weight is 414 g/mol. The zero-order valence-corrected chi connectivity index (χ0v) is 17.0. The maximum Gasteiger partial charge on any atom is 0.256 e. The van der Waals surface area contributed by atoms with Crippen molar-refractivity contribution in [3.63, 3.8) is 0 Å². The number of hydrogen-bond acceptors (Lipinski definition) is 7. The minimum atomic E-state index is -0.758. The Bertz CT molecular complexity index is 976. The minimum absolute atomic E-state index is 0.122. The molecule has 9 nitrogen and oxygen atoms in total. The molecule has 0 unspecified atom stereocenters. The molecule has 1 fully saturated rings. The van der Waals surface area contributed by atoms with Crippen molar-refractivity contribution in [3.05, 3.63) is 35.0 Å². The molecule has 0 bridgehead atoms. The monoisotopic (exact) mass is 414 g/mol. The van der Waals surface area contributed by atoms with Crippen LogP contribution in [0.15, 0.2) is 24.5 Å². The van der Waals surface area contributed by atoms with Crippen LogP contribution in [0, 0.1) is 6.92 Å². The maximum absolute atomic E-state index is 12.7. The van der Waals surface area contributed by atoms with E-state index in [9.17, 15) is 14.4 Å². The molecule has 4 rings (SSSR count). The number of thiazole rings is 1. The summed E-state index contributed by atoms with van der Waals surface area (Å²) in [6.45, 7) is 3.95. The quantitative estimate of drug-likeness (QED) is 0.704. The molecule has 0 aliphatic carbocycles. The van der Waals surface area contributed by atoms with E-state index in [1.54, 1.807) is 36.4 Å². The van der Waals surface area contributed by atoms with E-state index in [0.29, 0.717) is 35.9 Å². The summed E-state index contributed by atoms with van der Waals surface area (Å²) in [4.78, 5) is 48.9. The van der Waals surface area contributed by atoms with Crippen molar-refractivity contribution in [1.82, 2.24) is 20.2 Å². The predicted octanol–water partition coefficient (Wildman–Crippen LogP) is 1.74. The first-order valence-corrected chi connectivity index (χ1v) is 10.3. The number of nitrogens with zero attached hydrogens (tertiary/aromatic N) is 3. The number of amides is 3. The summed E-state index contributed by atoms with van der Waals surface area (Å²) >= 11 is 1.39. The van der Waals surface area contributed by atoms with Crippen LogP contribution in [0.5, 0.6) is 0 Å². The molecule has 152 valence electrons. The van der Waals surface area contributed by atoms with Crippen molar-refractivity contribution in [2.75, 3.05) is 17.2 Å². The van der Waals surface area contributed by atoms with Gasteiger partial charge in [0.25, 0.3) is 5.91 Å². The zero-order valence-electron chi connectivity index (χ0n) is 16.2. The molecule has 0 aromatic carbocycles. The first-order valence-electron chi connectivity index (χ1n) is 9.45. The Hall–Kier alpha value is -3.01. The minimum Gasteiger partial charge on any atom is -0.347 e. The van der Waals surface area contributed by atoms with Gasteiger partial charge in [0.1, 0.15) is 17.5 Å². The van der Waals surface area contributed by atoms with Gasteiger partial charge in [-0.1, -0.05) is 0 Å². The van der Waals surface area contributed by atoms with Crippen LogP contribution in [0.1, 0.15) is 41.4 Å². The molecule has 2 aliphatic rings. The van der Waals surface area contributed by atoms with Gasteiger partial charge in [0.15, 0.2) is 5.13 Å². The van der Waals surface area contributed by atoms with E-state index in [2.05, 4.69) is 25.9 Å².